The number of hydrogen-bond acceptors (Lipinski definition) is 4. The highest BCUT2D eigenvalue weighted by molar-refractivity contribution is 8.08. The lowest BCUT2D eigenvalue weighted by Crippen LogP contribution is -2.60. The molecular weight excluding hydrogens is 462 g/mol. The minimum Gasteiger partial charge on any atom is -0.350 e. The Labute approximate surface area is 185 Å². The Balaban J connectivity index is 2.16. The van der Waals surface area contributed by atoms with E-state index < -0.39 is 61.1 Å². The number of hydrogen-bond donors (Lipinski definition) is 0. The third-order valence-electron chi connectivity index (χ3n) is 5.19. The van der Waals surface area contributed by atoms with Gasteiger partial charge in [-0.1, -0.05) is 23.5 Å². The van der Waals surface area contributed by atoms with Crippen molar-refractivity contribution in [1.29, 1.82) is 0 Å². The van der Waals surface area contributed by atoms with Gasteiger partial charge in [0.25, 0.3) is 0 Å². The molecule has 0 N–H and O–H groups in total. The lowest BCUT2D eigenvalue weighted by molar-refractivity contribution is -0.258. The van der Waals surface area contributed by atoms with Crippen molar-refractivity contribution in [2.75, 3.05) is 0 Å². The Morgan fingerprint density at radius 1 is 0.645 bits per heavy atom. The van der Waals surface area contributed by atoms with Crippen molar-refractivity contribution in [3.05, 3.63) is 45.3 Å². The minimum absolute atomic E-state index is 0.409. The summed E-state index contributed by atoms with van der Waals surface area (Å²) < 4.78 is 102. The zero-order valence-electron chi connectivity index (χ0n) is 17.7. The van der Waals surface area contributed by atoms with Gasteiger partial charge in [-0.05, 0) is 64.5 Å². The first-order chi connectivity index (χ1) is 13.8. The summed E-state index contributed by atoms with van der Waals surface area (Å²) in [5.41, 5.74) is -5.44. The van der Waals surface area contributed by atoms with Crippen molar-refractivity contribution >= 4 is 23.5 Å². The van der Waals surface area contributed by atoms with Crippen molar-refractivity contribution in [1.82, 2.24) is 0 Å². The monoisotopic (exact) mass is 484 g/mol. The molecule has 10 heteroatoms. The van der Waals surface area contributed by atoms with Crippen LogP contribution in [0.1, 0.15) is 41.5 Å². The Morgan fingerprint density at radius 3 is 1.26 bits per heavy atom. The van der Waals surface area contributed by atoms with Gasteiger partial charge >= 0.3 is 17.8 Å². The summed E-state index contributed by atoms with van der Waals surface area (Å²) in [4.78, 5) is -3.55. The normalized spacial score (nSPS) is 35.0. The molecule has 2 heterocycles. The second kappa shape index (κ2) is 6.18. The Hall–Kier alpha value is -0.840. The molecule has 0 aromatic carbocycles. The van der Waals surface area contributed by atoms with Crippen LogP contribution < -0.4 is 0 Å². The molecule has 4 rings (SSSR count). The summed E-state index contributed by atoms with van der Waals surface area (Å²) in [7, 11) is 0. The molecule has 172 valence electrons. The molecule has 0 amide bonds. The van der Waals surface area contributed by atoms with E-state index >= 15 is 17.6 Å². The van der Waals surface area contributed by atoms with Crippen LogP contribution in [-0.2, 0) is 9.47 Å². The van der Waals surface area contributed by atoms with Crippen LogP contribution in [0.2, 0.25) is 0 Å². The van der Waals surface area contributed by atoms with E-state index in [1.165, 1.54) is 23.0 Å². The maximum Gasteiger partial charge on any atom is 0.380 e. The first-order valence-corrected chi connectivity index (χ1v) is 11.3. The third kappa shape index (κ3) is 2.77. The molecule has 0 aromatic rings. The smallest absolute Gasteiger partial charge is 0.350 e. The predicted molar refractivity (Wildman–Crippen MR) is 109 cm³/mol. The molecule has 2 aliphatic carbocycles. The lowest BCUT2D eigenvalue weighted by atomic mass is 9.80. The van der Waals surface area contributed by atoms with E-state index in [-0.39, 0.29) is 0 Å². The maximum atomic E-state index is 15.0. The number of thioether (sulfide) groups is 2. The number of fused-ring (bicyclic) bond motifs is 4. The van der Waals surface area contributed by atoms with Crippen LogP contribution in [0.4, 0.5) is 26.3 Å². The fourth-order valence-electron chi connectivity index (χ4n) is 4.34. The van der Waals surface area contributed by atoms with Crippen molar-refractivity contribution in [3.8, 4) is 0 Å². The molecule has 4 aliphatic rings. The molecule has 2 atom stereocenters. The van der Waals surface area contributed by atoms with Crippen LogP contribution in [0.5, 0.6) is 0 Å². The van der Waals surface area contributed by atoms with E-state index in [1.807, 2.05) is 0 Å². The Bertz CT molecular complexity index is 891. The zero-order chi connectivity index (χ0) is 23.5. The van der Waals surface area contributed by atoms with E-state index in [4.69, 9.17) is 9.47 Å². The Kier molecular flexibility index (Phi) is 4.65. The molecular formula is C21H22F6O2S2. The summed E-state index contributed by atoms with van der Waals surface area (Å²) in [5, 5.41) is 2.82. The van der Waals surface area contributed by atoms with Crippen molar-refractivity contribution in [2.24, 2.45) is 0 Å². The molecule has 2 nitrogen and oxygen atoms in total. The number of rotatable bonds is 2. The van der Waals surface area contributed by atoms with E-state index in [0.717, 1.165) is 23.5 Å². The molecule has 2 unspecified atom stereocenters. The van der Waals surface area contributed by atoms with E-state index in [0.29, 0.717) is 0 Å². The quantitative estimate of drug-likeness (QED) is 0.391. The average molecular weight is 485 g/mol. The first kappa shape index (κ1) is 23.3. The van der Waals surface area contributed by atoms with Crippen LogP contribution in [0.25, 0.3) is 0 Å². The molecule has 0 spiro atoms. The summed E-state index contributed by atoms with van der Waals surface area (Å²) in [6, 6.07) is 0. The van der Waals surface area contributed by atoms with Crippen LogP contribution in [0, 0.1) is 0 Å². The van der Waals surface area contributed by atoms with Crippen LogP contribution >= 0.6 is 23.5 Å². The number of ether oxygens (including phenoxy) is 2. The SMILES string of the molecule is CC(C)(C)OC12SC=CC1=C1C(=C3C=CSC32OC(C)(C)C)C(F)(F)C(F)(F)C1(F)F. The first-order valence-electron chi connectivity index (χ1n) is 9.57. The summed E-state index contributed by atoms with van der Waals surface area (Å²) >= 11 is 1.93. The van der Waals surface area contributed by atoms with Gasteiger partial charge in [0.1, 0.15) is 0 Å². The summed E-state index contributed by atoms with van der Waals surface area (Å²) in [6.07, 6.45) is 2.33. The van der Waals surface area contributed by atoms with Crippen LogP contribution in [0.15, 0.2) is 45.3 Å². The van der Waals surface area contributed by atoms with E-state index in [2.05, 4.69) is 0 Å². The van der Waals surface area contributed by atoms with Gasteiger partial charge in [0.2, 0.25) is 0 Å². The zero-order valence-corrected chi connectivity index (χ0v) is 19.3. The number of alkyl halides is 6. The minimum atomic E-state index is -5.60. The fraction of sp³-hybridized carbons (Fsp3) is 0.619. The van der Waals surface area contributed by atoms with Gasteiger partial charge in [-0.25, -0.2) is 0 Å². The molecule has 0 saturated heterocycles. The molecule has 0 bridgehead atoms. The molecule has 31 heavy (non-hydrogen) atoms. The highest BCUT2D eigenvalue weighted by atomic mass is 32.2. The second-order valence-electron chi connectivity index (χ2n) is 9.80. The standard InChI is InChI=1S/C21H22F6O2S2/c1-15(2,3)28-19-11(7-9-30-19)13-14(18(24,25)21(26,27)17(13,22)23)12-8-10-31-20(12,19)29-16(4,5)6/h7-10H,1-6H3. The average Bonchev–Trinajstić information content (AvgIpc) is 3.16. The van der Waals surface area contributed by atoms with Gasteiger partial charge in [0.15, 0.2) is 9.87 Å². The maximum absolute atomic E-state index is 15.0. The van der Waals surface area contributed by atoms with E-state index in [1.54, 1.807) is 41.5 Å². The van der Waals surface area contributed by atoms with Crippen LogP contribution in [-0.4, -0.2) is 38.8 Å². The second-order valence-corrected chi connectivity index (χ2v) is 12.0. The van der Waals surface area contributed by atoms with Gasteiger partial charge < -0.3 is 9.47 Å². The van der Waals surface area contributed by atoms with Gasteiger partial charge in [-0.15, -0.1) is 0 Å². The largest absolute Gasteiger partial charge is 0.380 e. The highest BCUT2D eigenvalue weighted by Crippen LogP contribution is 2.73. The summed E-state index contributed by atoms with van der Waals surface area (Å²) in [5.74, 6) is -15.8. The van der Waals surface area contributed by atoms with Crippen LogP contribution in [0.3, 0.4) is 0 Å². The number of halogens is 6. The molecule has 0 radical (unpaired) electrons. The lowest BCUT2D eigenvalue weighted by Gasteiger charge is -2.53. The predicted octanol–water partition coefficient (Wildman–Crippen LogP) is 7.06. The molecule has 2 aliphatic heterocycles. The third-order valence-corrected chi connectivity index (χ3v) is 7.70. The Morgan fingerprint density at radius 2 is 0.968 bits per heavy atom. The van der Waals surface area contributed by atoms with Crippen molar-refractivity contribution in [2.45, 2.75) is 80.4 Å². The topological polar surface area (TPSA) is 18.5 Å². The van der Waals surface area contributed by atoms with Crippen molar-refractivity contribution in [3.63, 3.8) is 0 Å². The van der Waals surface area contributed by atoms with Crippen molar-refractivity contribution < 1.29 is 35.8 Å². The van der Waals surface area contributed by atoms with Gasteiger partial charge in [0.05, 0.1) is 11.2 Å². The number of allylic oxidation sites excluding steroid dienone is 2. The fourth-order valence-corrected chi connectivity index (χ4v) is 7.22. The summed E-state index contributed by atoms with van der Waals surface area (Å²) in [6.45, 7) is 10.1. The van der Waals surface area contributed by atoms with Gasteiger partial charge in [-0.2, -0.15) is 26.3 Å². The van der Waals surface area contributed by atoms with Gasteiger partial charge in [0, 0.05) is 22.3 Å². The molecule has 0 aromatic heterocycles. The van der Waals surface area contributed by atoms with Gasteiger partial charge in [-0.3, -0.25) is 0 Å². The van der Waals surface area contributed by atoms with E-state index in [9.17, 15) is 8.78 Å². The highest BCUT2D eigenvalue weighted by Gasteiger charge is 2.85. The molecule has 1 saturated carbocycles. The molecule has 1 fully saturated rings.